The summed E-state index contributed by atoms with van der Waals surface area (Å²) < 4.78 is 2.45. The Labute approximate surface area is 209 Å². The van der Waals surface area contributed by atoms with Crippen LogP contribution >= 0.6 is 0 Å². The van der Waals surface area contributed by atoms with Gasteiger partial charge in [-0.2, -0.15) is 0 Å². The van der Waals surface area contributed by atoms with Gasteiger partial charge >= 0.3 is 0 Å². The van der Waals surface area contributed by atoms with E-state index in [9.17, 15) is 0 Å². The number of aromatic amines is 1. The number of allylic oxidation sites excluding steroid dienone is 1. The standard InChI is InChI=1S/C34H24N2/c1-2-9-25(10-3-1)36-32-13-7-6-12-27(32)28-20-24(16-19-33(28)36)23-15-17-30-29(21-23)34-26-11-5-4-8-22(26)14-18-31(34)35-30/h1-6,8-12,14-21,35H,7,13H2. The molecule has 0 atom stereocenters. The Kier molecular flexibility index (Phi) is 4.09. The van der Waals surface area contributed by atoms with Crippen LogP contribution in [0.2, 0.25) is 0 Å². The van der Waals surface area contributed by atoms with Crippen molar-refractivity contribution < 1.29 is 0 Å². The predicted molar refractivity (Wildman–Crippen MR) is 153 cm³/mol. The molecular weight excluding hydrogens is 436 g/mol. The van der Waals surface area contributed by atoms with Gasteiger partial charge in [-0.15, -0.1) is 0 Å². The van der Waals surface area contributed by atoms with Crippen molar-refractivity contribution in [1.82, 2.24) is 9.55 Å². The summed E-state index contributed by atoms with van der Waals surface area (Å²) in [7, 11) is 0. The molecule has 0 saturated carbocycles. The Morgan fingerprint density at radius 3 is 2.33 bits per heavy atom. The molecule has 2 nitrogen and oxygen atoms in total. The van der Waals surface area contributed by atoms with Crippen LogP contribution in [0.25, 0.3) is 66.4 Å². The van der Waals surface area contributed by atoms with Crippen LogP contribution in [0, 0.1) is 0 Å². The van der Waals surface area contributed by atoms with Gasteiger partial charge in [0.05, 0.1) is 5.52 Å². The molecule has 2 heterocycles. The molecule has 0 unspecified atom stereocenters. The Hall–Kier alpha value is -4.56. The van der Waals surface area contributed by atoms with Crippen molar-refractivity contribution >= 4 is 49.6 Å². The van der Waals surface area contributed by atoms with Crippen molar-refractivity contribution in [2.75, 3.05) is 0 Å². The highest BCUT2D eigenvalue weighted by Gasteiger charge is 2.19. The Balaban J connectivity index is 1.37. The molecule has 170 valence electrons. The lowest BCUT2D eigenvalue weighted by molar-refractivity contribution is 0.888. The van der Waals surface area contributed by atoms with Gasteiger partial charge in [0.25, 0.3) is 0 Å². The molecule has 0 bridgehead atoms. The van der Waals surface area contributed by atoms with Gasteiger partial charge < -0.3 is 9.55 Å². The van der Waals surface area contributed by atoms with Crippen molar-refractivity contribution in [3.05, 3.63) is 120 Å². The molecule has 1 N–H and O–H groups in total. The average molecular weight is 461 g/mol. The third-order valence-electron chi connectivity index (χ3n) is 7.78. The molecule has 5 aromatic carbocycles. The van der Waals surface area contributed by atoms with Crippen LogP contribution in [-0.2, 0) is 6.42 Å². The van der Waals surface area contributed by atoms with Crippen molar-refractivity contribution in [1.29, 1.82) is 0 Å². The fourth-order valence-electron chi connectivity index (χ4n) is 6.12. The molecule has 0 spiro atoms. The summed E-state index contributed by atoms with van der Waals surface area (Å²) >= 11 is 0. The number of hydrogen-bond acceptors (Lipinski definition) is 0. The van der Waals surface area contributed by atoms with Gasteiger partial charge in [0.1, 0.15) is 0 Å². The van der Waals surface area contributed by atoms with Crippen molar-refractivity contribution in [2.45, 2.75) is 12.8 Å². The van der Waals surface area contributed by atoms with Gasteiger partial charge in [-0.3, -0.25) is 0 Å². The average Bonchev–Trinajstić information content (AvgIpc) is 3.48. The van der Waals surface area contributed by atoms with E-state index in [0.717, 1.165) is 12.8 Å². The van der Waals surface area contributed by atoms with E-state index in [1.807, 2.05) is 0 Å². The largest absolute Gasteiger partial charge is 0.354 e. The predicted octanol–water partition coefficient (Wildman–Crippen LogP) is 9.04. The highest BCUT2D eigenvalue weighted by molar-refractivity contribution is 6.20. The van der Waals surface area contributed by atoms with Crippen LogP contribution in [0.15, 0.2) is 109 Å². The first-order chi connectivity index (χ1) is 17.8. The Bertz CT molecular complexity index is 1980. The Morgan fingerprint density at radius 1 is 0.639 bits per heavy atom. The highest BCUT2D eigenvalue weighted by atomic mass is 15.0. The highest BCUT2D eigenvalue weighted by Crippen LogP contribution is 2.38. The van der Waals surface area contributed by atoms with Crippen molar-refractivity contribution in [3.8, 4) is 16.8 Å². The Morgan fingerprint density at radius 2 is 1.42 bits per heavy atom. The number of nitrogens with one attached hydrogen (secondary N) is 1. The molecule has 0 aliphatic heterocycles. The minimum atomic E-state index is 1.07. The van der Waals surface area contributed by atoms with Crippen molar-refractivity contribution in [2.24, 2.45) is 0 Å². The van der Waals surface area contributed by atoms with E-state index >= 15 is 0 Å². The van der Waals surface area contributed by atoms with Crippen molar-refractivity contribution in [3.63, 3.8) is 0 Å². The number of hydrogen-bond donors (Lipinski definition) is 1. The van der Waals surface area contributed by atoms with Gasteiger partial charge in [0, 0.05) is 44.1 Å². The SMILES string of the molecule is C1=Cc2c(n(-c3ccccc3)c3ccc(-c4ccc5[nH]c6ccc7ccccc7c6c5c4)cc23)CC1. The minimum absolute atomic E-state index is 1.07. The number of H-pyrrole nitrogens is 1. The normalized spacial score (nSPS) is 13.2. The topological polar surface area (TPSA) is 20.7 Å². The number of aromatic nitrogens is 2. The number of fused-ring (bicyclic) bond motifs is 8. The third-order valence-corrected chi connectivity index (χ3v) is 7.78. The van der Waals surface area contributed by atoms with Gasteiger partial charge in [0.2, 0.25) is 0 Å². The second kappa shape index (κ2) is 7.47. The maximum Gasteiger partial charge on any atom is 0.0538 e. The van der Waals surface area contributed by atoms with Crippen LogP contribution in [-0.4, -0.2) is 9.55 Å². The summed E-state index contributed by atoms with van der Waals surface area (Å²) in [4.78, 5) is 3.63. The second-order valence-corrected chi connectivity index (χ2v) is 9.80. The second-order valence-electron chi connectivity index (χ2n) is 9.80. The van der Waals surface area contributed by atoms with Crippen LogP contribution < -0.4 is 0 Å². The summed E-state index contributed by atoms with van der Waals surface area (Å²) in [5.41, 5.74) is 10.2. The molecule has 2 heteroatoms. The molecule has 2 aromatic heterocycles. The van der Waals surface area contributed by atoms with Crippen LogP contribution in [0.3, 0.4) is 0 Å². The number of nitrogens with zero attached hydrogens (tertiary/aromatic N) is 1. The molecule has 0 fully saturated rings. The molecule has 7 aromatic rings. The molecular formula is C34H24N2. The summed E-state index contributed by atoms with van der Waals surface area (Å²) in [6.45, 7) is 0. The lowest BCUT2D eigenvalue weighted by Crippen LogP contribution is -2.02. The zero-order valence-corrected chi connectivity index (χ0v) is 19.8. The smallest absolute Gasteiger partial charge is 0.0538 e. The van der Waals surface area contributed by atoms with E-state index in [1.165, 1.54) is 71.6 Å². The fourth-order valence-corrected chi connectivity index (χ4v) is 6.12. The summed E-state index contributed by atoms with van der Waals surface area (Å²) in [6.07, 6.45) is 6.79. The lowest BCUT2D eigenvalue weighted by atomic mass is 9.97. The summed E-state index contributed by atoms with van der Waals surface area (Å²) in [5.74, 6) is 0. The number of para-hydroxylation sites is 1. The molecule has 8 rings (SSSR count). The summed E-state index contributed by atoms with van der Waals surface area (Å²) in [5, 5.41) is 6.49. The van der Waals surface area contributed by atoms with Gasteiger partial charge in [0.15, 0.2) is 0 Å². The monoisotopic (exact) mass is 460 g/mol. The van der Waals surface area contributed by atoms with Gasteiger partial charge in [-0.1, -0.05) is 72.8 Å². The molecule has 0 amide bonds. The van der Waals surface area contributed by atoms with E-state index in [1.54, 1.807) is 0 Å². The zero-order valence-electron chi connectivity index (χ0n) is 19.8. The van der Waals surface area contributed by atoms with Crippen LogP contribution in [0.1, 0.15) is 17.7 Å². The van der Waals surface area contributed by atoms with Gasteiger partial charge in [-0.25, -0.2) is 0 Å². The third kappa shape index (κ3) is 2.79. The van der Waals surface area contributed by atoms with E-state index in [-0.39, 0.29) is 0 Å². The first-order valence-electron chi connectivity index (χ1n) is 12.7. The number of rotatable bonds is 2. The van der Waals surface area contributed by atoms with E-state index < -0.39 is 0 Å². The van der Waals surface area contributed by atoms with E-state index in [0.29, 0.717) is 0 Å². The van der Waals surface area contributed by atoms with Crippen LogP contribution in [0.5, 0.6) is 0 Å². The maximum absolute atomic E-state index is 3.63. The van der Waals surface area contributed by atoms with Gasteiger partial charge in [-0.05, 0) is 77.2 Å². The van der Waals surface area contributed by atoms with E-state index in [2.05, 4.69) is 125 Å². The van der Waals surface area contributed by atoms with Crippen LogP contribution in [0.4, 0.5) is 0 Å². The minimum Gasteiger partial charge on any atom is -0.354 e. The first kappa shape index (κ1) is 19.7. The summed E-state index contributed by atoms with van der Waals surface area (Å²) in [6, 6.07) is 37.6. The molecule has 1 aliphatic rings. The molecule has 0 saturated heterocycles. The quantitative estimate of drug-likeness (QED) is 0.266. The first-order valence-corrected chi connectivity index (χ1v) is 12.7. The number of benzene rings is 5. The van der Waals surface area contributed by atoms with E-state index in [4.69, 9.17) is 0 Å². The zero-order chi connectivity index (χ0) is 23.6. The molecule has 0 radical (unpaired) electrons. The lowest BCUT2D eigenvalue weighted by Gasteiger charge is -2.13. The molecule has 1 aliphatic carbocycles. The fraction of sp³-hybridized carbons (Fsp3) is 0.0588. The molecule has 36 heavy (non-hydrogen) atoms. The maximum atomic E-state index is 3.63.